The molecule has 134 valence electrons. The number of benzene rings is 2. The van der Waals surface area contributed by atoms with Crippen LogP contribution in [0.4, 0.5) is 0 Å². The van der Waals surface area contributed by atoms with Crippen LogP contribution in [0.15, 0.2) is 35.2 Å². The van der Waals surface area contributed by atoms with Gasteiger partial charge in [-0.15, -0.1) is 0 Å². The summed E-state index contributed by atoms with van der Waals surface area (Å²) in [7, 11) is -2.24. The molecule has 0 aliphatic carbocycles. The van der Waals surface area contributed by atoms with Gasteiger partial charge in [0.1, 0.15) is 0 Å². The summed E-state index contributed by atoms with van der Waals surface area (Å²) < 4.78 is 26.2. The van der Waals surface area contributed by atoms with E-state index in [-0.39, 0.29) is 10.8 Å². The van der Waals surface area contributed by atoms with Crippen molar-refractivity contribution in [1.29, 1.82) is 0 Å². The average molecular weight is 360 g/mol. The first-order valence-corrected chi connectivity index (χ1v) is 9.53. The van der Waals surface area contributed by atoms with Crippen molar-refractivity contribution in [2.24, 2.45) is 0 Å². The fourth-order valence-electron chi connectivity index (χ4n) is 2.88. The molecule has 25 heavy (non-hydrogen) atoms. The van der Waals surface area contributed by atoms with Crippen LogP contribution in [-0.4, -0.2) is 21.4 Å². The largest absolute Gasteiger partial charge is 0.348 e. The minimum Gasteiger partial charge on any atom is -0.348 e. The van der Waals surface area contributed by atoms with E-state index in [2.05, 4.69) is 22.2 Å². The Kier molecular flexibility index (Phi) is 5.65. The zero-order chi connectivity index (χ0) is 18.8. The average Bonchev–Trinajstić information content (AvgIpc) is 2.53. The molecule has 5 nitrogen and oxygen atoms in total. The molecule has 0 atom stereocenters. The molecule has 0 heterocycles. The zero-order valence-electron chi connectivity index (χ0n) is 15.2. The Hall–Kier alpha value is -2.18. The summed E-state index contributed by atoms with van der Waals surface area (Å²) in [4.78, 5) is 12.6. The van der Waals surface area contributed by atoms with Crippen molar-refractivity contribution in [1.82, 2.24) is 10.0 Å². The Bertz CT molecular complexity index is 895. The quantitative estimate of drug-likeness (QED) is 0.861. The molecule has 0 unspecified atom stereocenters. The second-order valence-electron chi connectivity index (χ2n) is 6.24. The number of amides is 1. The molecule has 2 aromatic carbocycles. The van der Waals surface area contributed by atoms with Crippen LogP contribution in [0.5, 0.6) is 0 Å². The van der Waals surface area contributed by atoms with Crippen LogP contribution >= 0.6 is 0 Å². The van der Waals surface area contributed by atoms with Gasteiger partial charge in [0.2, 0.25) is 10.0 Å². The molecule has 2 aromatic rings. The van der Waals surface area contributed by atoms with Crippen LogP contribution in [0.25, 0.3) is 0 Å². The number of hydrogen-bond acceptors (Lipinski definition) is 3. The predicted octanol–water partition coefficient (Wildman–Crippen LogP) is 2.76. The van der Waals surface area contributed by atoms with Crippen LogP contribution in [0.2, 0.25) is 0 Å². The monoisotopic (exact) mass is 360 g/mol. The summed E-state index contributed by atoms with van der Waals surface area (Å²) in [6.07, 6.45) is 0. The van der Waals surface area contributed by atoms with E-state index in [1.54, 1.807) is 13.0 Å². The van der Waals surface area contributed by atoms with Gasteiger partial charge in [-0.1, -0.05) is 23.8 Å². The van der Waals surface area contributed by atoms with Crippen molar-refractivity contribution in [2.75, 3.05) is 7.05 Å². The first-order valence-electron chi connectivity index (χ1n) is 8.05. The standard InChI is InChI=1S/C19H24N2O3S/c1-12-8-14(3)18(15(4)9-12)11-21-19(22)17-10-16(7-6-13(17)2)25(23,24)20-5/h6-10,20H,11H2,1-5H3,(H,21,22). The van der Waals surface area contributed by atoms with Crippen molar-refractivity contribution >= 4 is 15.9 Å². The predicted molar refractivity (Wildman–Crippen MR) is 99.2 cm³/mol. The Morgan fingerprint density at radius 3 is 2.12 bits per heavy atom. The minimum absolute atomic E-state index is 0.0773. The van der Waals surface area contributed by atoms with Gasteiger partial charge in [0.15, 0.2) is 0 Å². The Morgan fingerprint density at radius 2 is 1.56 bits per heavy atom. The lowest BCUT2D eigenvalue weighted by Gasteiger charge is -2.14. The maximum atomic E-state index is 12.6. The molecule has 0 spiro atoms. The number of hydrogen-bond donors (Lipinski definition) is 2. The highest BCUT2D eigenvalue weighted by Gasteiger charge is 2.17. The van der Waals surface area contributed by atoms with E-state index in [0.29, 0.717) is 12.1 Å². The fourth-order valence-corrected chi connectivity index (χ4v) is 3.64. The van der Waals surface area contributed by atoms with Crippen molar-refractivity contribution < 1.29 is 13.2 Å². The van der Waals surface area contributed by atoms with Gasteiger partial charge in [-0.3, -0.25) is 4.79 Å². The van der Waals surface area contributed by atoms with E-state index in [0.717, 1.165) is 22.3 Å². The second kappa shape index (κ2) is 7.37. The summed E-state index contributed by atoms with van der Waals surface area (Å²) in [5, 5.41) is 2.90. The molecule has 0 fully saturated rings. The van der Waals surface area contributed by atoms with Gasteiger partial charge >= 0.3 is 0 Å². The van der Waals surface area contributed by atoms with E-state index < -0.39 is 10.0 Å². The fraction of sp³-hybridized carbons (Fsp3) is 0.316. The van der Waals surface area contributed by atoms with Crippen LogP contribution in [0.3, 0.4) is 0 Å². The third-order valence-electron chi connectivity index (χ3n) is 4.30. The molecule has 0 saturated heterocycles. The summed E-state index contributed by atoms with van der Waals surface area (Å²) in [5.41, 5.74) is 5.60. The zero-order valence-corrected chi connectivity index (χ0v) is 16.0. The normalized spacial score (nSPS) is 11.4. The maximum absolute atomic E-state index is 12.6. The Balaban J connectivity index is 2.26. The molecular formula is C19H24N2O3S. The lowest BCUT2D eigenvalue weighted by Crippen LogP contribution is -2.25. The molecular weight excluding hydrogens is 336 g/mol. The van der Waals surface area contributed by atoms with E-state index in [9.17, 15) is 13.2 Å². The van der Waals surface area contributed by atoms with Crippen LogP contribution in [0, 0.1) is 27.7 Å². The molecule has 2 rings (SSSR count). The topological polar surface area (TPSA) is 75.3 Å². The second-order valence-corrected chi connectivity index (χ2v) is 8.13. The summed E-state index contributed by atoms with van der Waals surface area (Å²) in [6.45, 7) is 8.27. The van der Waals surface area contributed by atoms with Gasteiger partial charge in [-0.2, -0.15) is 0 Å². The molecule has 0 radical (unpaired) electrons. The van der Waals surface area contributed by atoms with Gasteiger partial charge < -0.3 is 5.32 Å². The maximum Gasteiger partial charge on any atom is 0.251 e. The molecule has 0 aromatic heterocycles. The lowest BCUT2D eigenvalue weighted by atomic mass is 9.99. The molecule has 0 saturated carbocycles. The number of carbonyl (C=O) groups excluding carboxylic acids is 1. The molecule has 0 aliphatic heterocycles. The number of sulfonamides is 1. The van der Waals surface area contributed by atoms with Crippen LogP contribution < -0.4 is 10.0 Å². The van der Waals surface area contributed by atoms with Gasteiger partial charge in [0, 0.05) is 12.1 Å². The molecule has 0 aliphatic rings. The third kappa shape index (κ3) is 4.27. The number of carbonyl (C=O) groups is 1. The highest BCUT2D eigenvalue weighted by molar-refractivity contribution is 7.89. The molecule has 0 bridgehead atoms. The van der Waals surface area contributed by atoms with E-state index in [1.807, 2.05) is 20.8 Å². The highest BCUT2D eigenvalue weighted by atomic mass is 32.2. The van der Waals surface area contributed by atoms with Gasteiger partial charge in [-0.05, 0) is 69.1 Å². The number of aryl methyl sites for hydroxylation is 4. The van der Waals surface area contributed by atoms with Gasteiger partial charge in [0.25, 0.3) is 5.91 Å². The SMILES string of the molecule is CNS(=O)(=O)c1ccc(C)c(C(=O)NCc2c(C)cc(C)cc2C)c1. The first-order chi connectivity index (χ1) is 11.7. The third-order valence-corrected chi connectivity index (χ3v) is 5.71. The Morgan fingerprint density at radius 1 is 0.960 bits per heavy atom. The summed E-state index contributed by atoms with van der Waals surface area (Å²) >= 11 is 0. The van der Waals surface area contributed by atoms with Crippen molar-refractivity contribution in [3.05, 3.63) is 63.7 Å². The smallest absolute Gasteiger partial charge is 0.251 e. The summed E-state index contributed by atoms with van der Waals surface area (Å²) in [5.74, 6) is -0.287. The first kappa shape index (κ1) is 19.1. The van der Waals surface area contributed by atoms with Crippen molar-refractivity contribution in [3.63, 3.8) is 0 Å². The van der Waals surface area contributed by atoms with Crippen molar-refractivity contribution in [3.8, 4) is 0 Å². The van der Waals surface area contributed by atoms with E-state index in [1.165, 1.54) is 24.7 Å². The van der Waals surface area contributed by atoms with Crippen LogP contribution in [-0.2, 0) is 16.6 Å². The van der Waals surface area contributed by atoms with E-state index >= 15 is 0 Å². The number of rotatable bonds is 5. The molecule has 2 N–H and O–H groups in total. The molecule has 1 amide bonds. The Labute approximate surface area is 149 Å². The van der Waals surface area contributed by atoms with Crippen LogP contribution in [0.1, 0.15) is 38.2 Å². The number of nitrogens with one attached hydrogen (secondary N) is 2. The van der Waals surface area contributed by atoms with Gasteiger partial charge in [0.05, 0.1) is 4.90 Å². The minimum atomic E-state index is -3.59. The lowest BCUT2D eigenvalue weighted by molar-refractivity contribution is 0.0950. The van der Waals surface area contributed by atoms with Crippen molar-refractivity contribution in [2.45, 2.75) is 39.1 Å². The van der Waals surface area contributed by atoms with Gasteiger partial charge in [-0.25, -0.2) is 13.1 Å². The summed E-state index contributed by atoms with van der Waals surface area (Å²) in [6, 6.07) is 8.71. The molecule has 6 heteroatoms. The van der Waals surface area contributed by atoms with E-state index in [4.69, 9.17) is 0 Å². The highest BCUT2D eigenvalue weighted by Crippen LogP contribution is 2.18.